The van der Waals surface area contributed by atoms with Gasteiger partial charge in [0.05, 0.1) is 13.7 Å². The second kappa shape index (κ2) is 6.72. The summed E-state index contributed by atoms with van der Waals surface area (Å²) in [5, 5.41) is 0. The van der Waals surface area contributed by atoms with Crippen molar-refractivity contribution in [3.05, 3.63) is 23.0 Å². The summed E-state index contributed by atoms with van der Waals surface area (Å²) >= 11 is 0. The molecule has 0 amide bonds. The van der Waals surface area contributed by atoms with E-state index in [1.54, 1.807) is 20.0 Å². The lowest BCUT2D eigenvalue weighted by Crippen LogP contribution is -2.20. The van der Waals surface area contributed by atoms with Gasteiger partial charge in [0.2, 0.25) is 0 Å². The Morgan fingerprint density at radius 2 is 2.16 bits per heavy atom. The molecule has 19 heavy (non-hydrogen) atoms. The van der Waals surface area contributed by atoms with Crippen molar-refractivity contribution in [3.8, 4) is 0 Å². The number of hydrogen-bond donors (Lipinski definition) is 1. The summed E-state index contributed by atoms with van der Waals surface area (Å²) in [7, 11) is 1.23. The summed E-state index contributed by atoms with van der Waals surface area (Å²) in [6.45, 7) is 3.74. The van der Waals surface area contributed by atoms with Crippen LogP contribution in [0.15, 0.2) is 6.20 Å². The van der Waals surface area contributed by atoms with Crippen molar-refractivity contribution in [2.75, 3.05) is 13.7 Å². The fraction of sp³-hybridized carbons (Fsp3) is 0.462. The molecule has 1 atom stereocenters. The fourth-order valence-electron chi connectivity index (χ4n) is 1.74. The van der Waals surface area contributed by atoms with E-state index >= 15 is 0 Å². The molecule has 1 aromatic rings. The SMILES string of the molecule is CCOC(=O)c1[nH]cc(CC(C=O)C(=O)OC)c1C. The molecule has 0 radical (unpaired) electrons. The Morgan fingerprint density at radius 3 is 2.68 bits per heavy atom. The number of aldehydes is 1. The lowest BCUT2D eigenvalue weighted by atomic mass is 9.99. The zero-order valence-corrected chi connectivity index (χ0v) is 11.2. The minimum absolute atomic E-state index is 0.192. The van der Waals surface area contributed by atoms with Crippen LogP contribution in [0.3, 0.4) is 0 Å². The highest BCUT2D eigenvalue weighted by Gasteiger charge is 2.22. The standard InChI is InChI=1S/C13H17NO5/c1-4-19-13(17)11-8(2)9(6-14-11)5-10(7-15)12(16)18-3/h6-7,10,14H,4-5H2,1-3H3. The van der Waals surface area contributed by atoms with Crippen LogP contribution >= 0.6 is 0 Å². The summed E-state index contributed by atoms with van der Waals surface area (Å²) in [6.07, 6.45) is 2.33. The van der Waals surface area contributed by atoms with Crippen molar-refractivity contribution in [3.63, 3.8) is 0 Å². The van der Waals surface area contributed by atoms with Gasteiger partial charge < -0.3 is 19.3 Å². The zero-order chi connectivity index (χ0) is 14.4. The molecule has 1 unspecified atom stereocenters. The first kappa shape index (κ1) is 14.9. The summed E-state index contributed by atoms with van der Waals surface area (Å²) in [6, 6.07) is 0. The maximum atomic E-state index is 11.6. The van der Waals surface area contributed by atoms with Gasteiger partial charge in [-0.05, 0) is 31.4 Å². The minimum atomic E-state index is -0.866. The third kappa shape index (κ3) is 3.43. The van der Waals surface area contributed by atoms with Gasteiger partial charge in [-0.2, -0.15) is 0 Å². The number of rotatable bonds is 6. The lowest BCUT2D eigenvalue weighted by molar-refractivity contribution is -0.146. The number of carbonyl (C=O) groups is 3. The highest BCUT2D eigenvalue weighted by Crippen LogP contribution is 2.18. The molecule has 0 aliphatic heterocycles. The van der Waals surface area contributed by atoms with Crippen LogP contribution in [0.25, 0.3) is 0 Å². The predicted octanol–water partition coefficient (Wildman–Crippen LogP) is 1.03. The van der Waals surface area contributed by atoms with Gasteiger partial charge in [-0.15, -0.1) is 0 Å². The number of nitrogens with one attached hydrogen (secondary N) is 1. The van der Waals surface area contributed by atoms with Crippen LogP contribution in [0.1, 0.15) is 28.5 Å². The van der Waals surface area contributed by atoms with Crippen molar-refractivity contribution in [2.24, 2.45) is 5.92 Å². The number of H-pyrrole nitrogens is 1. The van der Waals surface area contributed by atoms with Crippen LogP contribution in [0.4, 0.5) is 0 Å². The second-order valence-electron chi connectivity index (χ2n) is 4.00. The van der Waals surface area contributed by atoms with Gasteiger partial charge in [0.15, 0.2) is 0 Å². The topological polar surface area (TPSA) is 85.5 Å². The predicted molar refractivity (Wildman–Crippen MR) is 66.8 cm³/mol. The second-order valence-corrected chi connectivity index (χ2v) is 4.00. The van der Waals surface area contributed by atoms with Gasteiger partial charge in [-0.25, -0.2) is 4.79 Å². The van der Waals surface area contributed by atoms with E-state index in [0.717, 1.165) is 0 Å². The van der Waals surface area contributed by atoms with Crippen LogP contribution in [-0.4, -0.2) is 36.9 Å². The summed E-state index contributed by atoms with van der Waals surface area (Å²) in [5.74, 6) is -1.91. The Hall–Kier alpha value is -2.11. The van der Waals surface area contributed by atoms with Gasteiger partial charge in [-0.3, -0.25) is 4.79 Å². The largest absolute Gasteiger partial charge is 0.468 e. The van der Waals surface area contributed by atoms with Crippen molar-refractivity contribution in [1.29, 1.82) is 0 Å². The smallest absolute Gasteiger partial charge is 0.355 e. The Bertz CT molecular complexity index is 477. The van der Waals surface area contributed by atoms with E-state index in [1.807, 2.05) is 0 Å². The molecule has 0 fully saturated rings. The quantitative estimate of drug-likeness (QED) is 0.472. The van der Waals surface area contributed by atoms with E-state index in [9.17, 15) is 14.4 Å². The molecule has 1 heterocycles. The van der Waals surface area contributed by atoms with Gasteiger partial charge in [-0.1, -0.05) is 0 Å². The maximum Gasteiger partial charge on any atom is 0.355 e. The van der Waals surface area contributed by atoms with Crippen molar-refractivity contribution < 1.29 is 23.9 Å². The third-order valence-electron chi connectivity index (χ3n) is 2.83. The molecular weight excluding hydrogens is 250 g/mol. The van der Waals surface area contributed by atoms with Gasteiger partial charge >= 0.3 is 11.9 Å². The Morgan fingerprint density at radius 1 is 1.47 bits per heavy atom. The molecule has 0 aromatic carbocycles. The third-order valence-corrected chi connectivity index (χ3v) is 2.83. The van der Waals surface area contributed by atoms with Crippen LogP contribution in [-0.2, 0) is 25.5 Å². The first-order valence-corrected chi connectivity index (χ1v) is 5.92. The maximum absolute atomic E-state index is 11.6. The molecule has 0 bridgehead atoms. The monoisotopic (exact) mass is 267 g/mol. The Balaban J connectivity index is 2.88. The molecule has 0 saturated heterocycles. The zero-order valence-electron chi connectivity index (χ0n) is 11.2. The molecule has 0 aliphatic carbocycles. The molecule has 0 spiro atoms. The number of carbonyl (C=O) groups excluding carboxylic acids is 3. The van der Waals surface area contributed by atoms with E-state index in [0.29, 0.717) is 23.1 Å². The van der Waals surface area contributed by atoms with Gasteiger partial charge in [0.1, 0.15) is 17.9 Å². The van der Waals surface area contributed by atoms with E-state index < -0.39 is 17.9 Å². The lowest BCUT2D eigenvalue weighted by Gasteiger charge is -2.07. The first-order valence-electron chi connectivity index (χ1n) is 5.92. The molecule has 1 aromatic heterocycles. The molecule has 1 N–H and O–H groups in total. The van der Waals surface area contributed by atoms with E-state index in [2.05, 4.69) is 9.72 Å². The van der Waals surface area contributed by atoms with Crippen molar-refractivity contribution in [2.45, 2.75) is 20.3 Å². The Kier molecular flexibility index (Phi) is 5.29. The van der Waals surface area contributed by atoms with E-state index in [4.69, 9.17) is 4.74 Å². The average molecular weight is 267 g/mol. The van der Waals surface area contributed by atoms with Crippen molar-refractivity contribution >= 4 is 18.2 Å². The Labute approximate surface area is 111 Å². The van der Waals surface area contributed by atoms with E-state index in [1.165, 1.54) is 7.11 Å². The van der Waals surface area contributed by atoms with Crippen molar-refractivity contribution in [1.82, 2.24) is 4.98 Å². The first-order chi connectivity index (χ1) is 9.04. The summed E-state index contributed by atoms with van der Waals surface area (Å²) in [5.41, 5.74) is 1.73. The molecule has 0 aliphatic rings. The van der Waals surface area contributed by atoms with Gasteiger partial charge in [0.25, 0.3) is 0 Å². The number of esters is 2. The molecule has 6 heteroatoms. The molecule has 0 saturated carbocycles. The highest BCUT2D eigenvalue weighted by molar-refractivity contribution is 5.90. The molecule has 104 valence electrons. The van der Waals surface area contributed by atoms with Gasteiger partial charge in [0, 0.05) is 6.20 Å². The molecule has 1 rings (SSSR count). The van der Waals surface area contributed by atoms with E-state index in [-0.39, 0.29) is 13.0 Å². The number of aromatic amines is 1. The molecular formula is C13H17NO5. The average Bonchev–Trinajstić information content (AvgIpc) is 2.76. The normalized spacial score (nSPS) is 11.7. The number of hydrogen-bond acceptors (Lipinski definition) is 5. The summed E-state index contributed by atoms with van der Waals surface area (Å²) < 4.78 is 9.43. The summed E-state index contributed by atoms with van der Waals surface area (Å²) in [4.78, 5) is 36.6. The fourth-order valence-corrected chi connectivity index (χ4v) is 1.74. The number of aromatic nitrogens is 1. The highest BCUT2D eigenvalue weighted by atomic mass is 16.5. The van der Waals surface area contributed by atoms with Crippen LogP contribution in [0.2, 0.25) is 0 Å². The number of methoxy groups -OCH3 is 1. The van der Waals surface area contributed by atoms with Crippen LogP contribution in [0.5, 0.6) is 0 Å². The number of ether oxygens (including phenoxy) is 2. The van der Waals surface area contributed by atoms with Crippen LogP contribution < -0.4 is 0 Å². The minimum Gasteiger partial charge on any atom is -0.468 e. The molecule has 6 nitrogen and oxygen atoms in total. The van der Waals surface area contributed by atoms with Crippen LogP contribution in [0, 0.1) is 12.8 Å².